The zero-order chi connectivity index (χ0) is 22.1. The van der Waals surface area contributed by atoms with Crippen LogP contribution in [0.4, 0.5) is 19.1 Å². The number of nitrogens with one attached hydrogen (secondary N) is 1. The van der Waals surface area contributed by atoms with Gasteiger partial charge in [0, 0.05) is 25.3 Å². The van der Waals surface area contributed by atoms with Gasteiger partial charge in [0.05, 0.1) is 29.1 Å². The number of rotatable bonds is 6. The fraction of sp³-hybridized carbons (Fsp3) is 0.588. The number of nitrogens with zero attached hydrogens (tertiary/aromatic N) is 4. The van der Waals surface area contributed by atoms with Crippen molar-refractivity contribution in [2.75, 3.05) is 24.7 Å². The van der Waals surface area contributed by atoms with Gasteiger partial charge in [0.25, 0.3) is 5.19 Å². The van der Waals surface area contributed by atoms with E-state index in [1.54, 1.807) is 13.8 Å². The van der Waals surface area contributed by atoms with Crippen LogP contribution in [-0.4, -0.2) is 59.2 Å². The van der Waals surface area contributed by atoms with Crippen molar-refractivity contribution in [3.05, 3.63) is 18.0 Å². The molecular formula is C17H22F3N5O3S2. The molecular weight excluding hydrogens is 443 g/mol. The molecule has 0 bridgehead atoms. The van der Waals surface area contributed by atoms with E-state index in [2.05, 4.69) is 20.3 Å². The summed E-state index contributed by atoms with van der Waals surface area (Å²) >= 11 is 0.978. The molecule has 1 fully saturated rings. The van der Waals surface area contributed by atoms with Gasteiger partial charge in [-0.05, 0) is 26.7 Å². The van der Waals surface area contributed by atoms with Crippen molar-refractivity contribution in [1.82, 2.24) is 19.3 Å². The Morgan fingerprint density at radius 1 is 1.23 bits per heavy atom. The second-order valence-electron chi connectivity index (χ2n) is 7.19. The maximum absolute atomic E-state index is 13.5. The Kier molecular flexibility index (Phi) is 6.53. The summed E-state index contributed by atoms with van der Waals surface area (Å²) in [6.07, 6.45) is -0.588. The van der Waals surface area contributed by atoms with Gasteiger partial charge in [-0.15, -0.1) is 0 Å². The van der Waals surface area contributed by atoms with Gasteiger partial charge in [-0.1, -0.05) is 11.3 Å². The SMILES string of the molecule is CC(C)Oc1ncc(-c2nc(NC3CCN(S(C)(=O)=O)CC3)ncc2C(F)(F)F)s1. The number of sulfonamides is 1. The highest BCUT2D eigenvalue weighted by molar-refractivity contribution is 7.88. The third kappa shape index (κ3) is 5.58. The van der Waals surface area contributed by atoms with Gasteiger partial charge in [-0.25, -0.2) is 27.7 Å². The maximum atomic E-state index is 13.5. The van der Waals surface area contributed by atoms with Crippen LogP contribution in [0, 0.1) is 0 Å². The van der Waals surface area contributed by atoms with Crippen LogP contribution in [0.1, 0.15) is 32.3 Å². The Bertz CT molecular complexity index is 987. The van der Waals surface area contributed by atoms with Crippen LogP contribution < -0.4 is 10.1 Å². The van der Waals surface area contributed by atoms with Gasteiger partial charge in [-0.2, -0.15) is 13.2 Å². The Hall–Kier alpha value is -1.99. The third-order valence-electron chi connectivity index (χ3n) is 4.40. The van der Waals surface area contributed by atoms with E-state index in [9.17, 15) is 21.6 Å². The predicted octanol–water partition coefficient (Wildman–Crippen LogP) is 3.24. The molecule has 1 aliphatic rings. The van der Waals surface area contributed by atoms with Crippen molar-refractivity contribution < 1.29 is 26.3 Å². The summed E-state index contributed by atoms with van der Waals surface area (Å²) in [5.74, 6) is 0.0514. The quantitative estimate of drug-likeness (QED) is 0.699. The lowest BCUT2D eigenvalue weighted by atomic mass is 10.1. The van der Waals surface area contributed by atoms with Crippen LogP contribution in [0.25, 0.3) is 10.6 Å². The smallest absolute Gasteiger partial charge is 0.420 e. The van der Waals surface area contributed by atoms with Gasteiger partial charge < -0.3 is 10.1 Å². The van der Waals surface area contributed by atoms with E-state index in [4.69, 9.17) is 4.74 Å². The molecule has 0 atom stereocenters. The van der Waals surface area contributed by atoms with E-state index in [1.165, 1.54) is 10.5 Å². The Balaban J connectivity index is 1.82. The third-order valence-corrected chi connectivity index (χ3v) is 6.60. The molecule has 0 amide bonds. The number of halogens is 3. The van der Waals surface area contributed by atoms with E-state index >= 15 is 0 Å². The number of ether oxygens (including phenoxy) is 1. The summed E-state index contributed by atoms with van der Waals surface area (Å²) < 4.78 is 70.5. The molecule has 166 valence electrons. The molecule has 0 saturated carbocycles. The first-order chi connectivity index (χ1) is 13.9. The zero-order valence-electron chi connectivity index (χ0n) is 16.6. The molecule has 0 radical (unpaired) electrons. The van der Waals surface area contributed by atoms with Gasteiger partial charge in [0.1, 0.15) is 5.56 Å². The summed E-state index contributed by atoms with van der Waals surface area (Å²) in [4.78, 5) is 12.2. The Labute approximate surface area is 176 Å². The van der Waals surface area contributed by atoms with Crippen molar-refractivity contribution >= 4 is 27.3 Å². The molecule has 1 aliphatic heterocycles. The Morgan fingerprint density at radius 3 is 2.47 bits per heavy atom. The molecule has 13 heteroatoms. The standard InChI is InChI=1S/C17H22F3N5O3S2/c1-10(2)28-16-22-9-13(29-16)14-12(17(18,19)20)8-21-15(24-14)23-11-4-6-25(7-5-11)30(3,26)27/h8-11H,4-7H2,1-3H3,(H,21,23,24). The van der Waals surface area contributed by atoms with Crippen LogP contribution in [0.2, 0.25) is 0 Å². The number of anilines is 1. The number of aromatic nitrogens is 3. The summed E-state index contributed by atoms with van der Waals surface area (Å²) in [6.45, 7) is 4.25. The number of piperidine rings is 1. The minimum Gasteiger partial charge on any atom is -0.467 e. The van der Waals surface area contributed by atoms with Crippen molar-refractivity contribution in [2.24, 2.45) is 0 Å². The Morgan fingerprint density at radius 2 is 1.90 bits per heavy atom. The highest BCUT2D eigenvalue weighted by Crippen LogP contribution is 2.39. The largest absolute Gasteiger partial charge is 0.467 e. The molecule has 0 aromatic carbocycles. The van der Waals surface area contributed by atoms with Crippen molar-refractivity contribution in [3.63, 3.8) is 0 Å². The first kappa shape index (κ1) is 22.7. The molecule has 8 nitrogen and oxygen atoms in total. The predicted molar refractivity (Wildman–Crippen MR) is 107 cm³/mol. The number of thiazole rings is 1. The first-order valence-electron chi connectivity index (χ1n) is 9.22. The average Bonchev–Trinajstić information content (AvgIpc) is 3.08. The molecule has 1 N–H and O–H groups in total. The normalized spacial score (nSPS) is 16.8. The lowest BCUT2D eigenvalue weighted by molar-refractivity contribution is -0.137. The number of hydrogen-bond acceptors (Lipinski definition) is 8. The summed E-state index contributed by atoms with van der Waals surface area (Å²) in [5.41, 5.74) is -1.23. The van der Waals surface area contributed by atoms with Crippen LogP contribution in [-0.2, 0) is 16.2 Å². The van der Waals surface area contributed by atoms with Gasteiger partial charge in [0.2, 0.25) is 16.0 Å². The fourth-order valence-electron chi connectivity index (χ4n) is 2.98. The molecule has 0 aliphatic carbocycles. The van der Waals surface area contributed by atoms with Crippen molar-refractivity contribution in [3.8, 4) is 15.8 Å². The van der Waals surface area contributed by atoms with Crippen molar-refractivity contribution in [2.45, 2.75) is 45.0 Å². The van der Waals surface area contributed by atoms with E-state index < -0.39 is 21.8 Å². The van der Waals surface area contributed by atoms with E-state index in [1.807, 2.05) is 0 Å². The van der Waals surface area contributed by atoms with Gasteiger partial charge >= 0.3 is 6.18 Å². The van der Waals surface area contributed by atoms with Gasteiger partial charge in [-0.3, -0.25) is 0 Å². The highest BCUT2D eigenvalue weighted by atomic mass is 32.2. The zero-order valence-corrected chi connectivity index (χ0v) is 18.2. The monoisotopic (exact) mass is 465 g/mol. The molecule has 2 aromatic heterocycles. The number of hydrogen-bond donors (Lipinski definition) is 1. The van der Waals surface area contributed by atoms with Gasteiger partial charge in [0.15, 0.2) is 0 Å². The minimum absolute atomic E-state index is 0.0514. The minimum atomic E-state index is -4.63. The average molecular weight is 466 g/mol. The van der Waals surface area contributed by atoms with Crippen LogP contribution >= 0.6 is 11.3 Å². The lowest BCUT2D eigenvalue weighted by Gasteiger charge is -2.30. The van der Waals surface area contributed by atoms with Crippen LogP contribution in [0.15, 0.2) is 12.4 Å². The van der Waals surface area contributed by atoms with Crippen LogP contribution in [0.5, 0.6) is 5.19 Å². The highest BCUT2D eigenvalue weighted by Gasteiger charge is 2.36. The maximum Gasteiger partial charge on any atom is 0.420 e. The fourth-order valence-corrected chi connectivity index (χ4v) is 4.75. The van der Waals surface area contributed by atoms with E-state index in [0.29, 0.717) is 25.9 Å². The summed E-state index contributed by atoms with van der Waals surface area (Å²) in [7, 11) is -3.26. The number of alkyl halides is 3. The second kappa shape index (κ2) is 8.63. The summed E-state index contributed by atoms with van der Waals surface area (Å²) in [6, 6.07) is -0.145. The molecule has 30 heavy (non-hydrogen) atoms. The van der Waals surface area contributed by atoms with Crippen LogP contribution in [0.3, 0.4) is 0 Å². The first-order valence-corrected chi connectivity index (χ1v) is 11.9. The molecule has 1 saturated heterocycles. The van der Waals surface area contributed by atoms with Crippen molar-refractivity contribution in [1.29, 1.82) is 0 Å². The molecule has 0 spiro atoms. The molecule has 3 heterocycles. The summed E-state index contributed by atoms with van der Waals surface area (Å²) in [5, 5.41) is 3.28. The lowest BCUT2D eigenvalue weighted by Crippen LogP contribution is -2.42. The second-order valence-corrected chi connectivity index (χ2v) is 10.2. The van der Waals surface area contributed by atoms with E-state index in [0.717, 1.165) is 23.8 Å². The molecule has 3 rings (SSSR count). The topological polar surface area (TPSA) is 97.3 Å². The van der Waals surface area contributed by atoms with E-state index in [-0.39, 0.29) is 33.9 Å². The molecule has 2 aromatic rings. The molecule has 0 unspecified atom stereocenters.